The Bertz CT molecular complexity index is 859. The van der Waals surface area contributed by atoms with Crippen LogP contribution >= 0.6 is 27.3 Å². The van der Waals surface area contributed by atoms with Crippen LogP contribution < -0.4 is 5.32 Å². The van der Waals surface area contributed by atoms with Crippen molar-refractivity contribution in [2.24, 2.45) is 5.92 Å². The molecule has 5 nitrogen and oxygen atoms in total. The number of thiophene rings is 1. The van der Waals surface area contributed by atoms with Gasteiger partial charge < -0.3 is 10.2 Å². The maximum absolute atomic E-state index is 12.6. The van der Waals surface area contributed by atoms with Crippen molar-refractivity contribution in [2.75, 3.05) is 32.7 Å². The summed E-state index contributed by atoms with van der Waals surface area (Å²) in [6.07, 6.45) is 2.58. The SMILES string of the molecule is O=C(NCCN1CCc2sccc2C1)C1CCN(C(=O)c2ccc(Br)cc2)CC1. The third-order valence-electron chi connectivity index (χ3n) is 5.86. The number of halogens is 1. The van der Waals surface area contributed by atoms with Gasteiger partial charge in [0.1, 0.15) is 0 Å². The Morgan fingerprint density at radius 1 is 1.10 bits per heavy atom. The van der Waals surface area contributed by atoms with Crippen LogP contribution in [0.1, 0.15) is 33.6 Å². The Labute approximate surface area is 184 Å². The number of benzene rings is 1. The first kappa shape index (κ1) is 20.6. The highest BCUT2D eigenvalue weighted by Crippen LogP contribution is 2.24. The Balaban J connectivity index is 1.18. The summed E-state index contributed by atoms with van der Waals surface area (Å²) in [5.41, 5.74) is 2.14. The summed E-state index contributed by atoms with van der Waals surface area (Å²) >= 11 is 5.24. The number of rotatable bonds is 5. The molecule has 154 valence electrons. The van der Waals surface area contributed by atoms with Crippen molar-refractivity contribution in [3.8, 4) is 0 Å². The second-order valence-corrected chi connectivity index (χ2v) is 9.68. The minimum Gasteiger partial charge on any atom is -0.355 e. The molecule has 0 atom stereocenters. The van der Waals surface area contributed by atoms with Crippen LogP contribution in [0.25, 0.3) is 0 Å². The van der Waals surface area contributed by atoms with E-state index < -0.39 is 0 Å². The van der Waals surface area contributed by atoms with Crippen molar-refractivity contribution in [1.82, 2.24) is 15.1 Å². The first-order chi connectivity index (χ1) is 14.1. The molecule has 1 aromatic carbocycles. The molecule has 2 aliphatic heterocycles. The Morgan fingerprint density at radius 3 is 2.62 bits per heavy atom. The lowest BCUT2D eigenvalue weighted by Gasteiger charge is -2.32. The van der Waals surface area contributed by atoms with Gasteiger partial charge in [0.25, 0.3) is 5.91 Å². The lowest BCUT2D eigenvalue weighted by atomic mass is 9.95. The molecule has 0 spiro atoms. The molecule has 1 fully saturated rings. The molecule has 2 aliphatic rings. The Kier molecular flexibility index (Phi) is 6.67. The van der Waals surface area contributed by atoms with Gasteiger partial charge in [-0.1, -0.05) is 15.9 Å². The van der Waals surface area contributed by atoms with Crippen molar-refractivity contribution < 1.29 is 9.59 Å². The zero-order chi connectivity index (χ0) is 20.2. The molecule has 7 heteroatoms. The normalized spacial score (nSPS) is 17.8. The molecule has 1 aromatic heterocycles. The third kappa shape index (κ3) is 5.08. The van der Waals surface area contributed by atoms with Gasteiger partial charge in [-0.2, -0.15) is 0 Å². The number of carbonyl (C=O) groups is 2. The molecule has 1 N–H and O–H groups in total. The summed E-state index contributed by atoms with van der Waals surface area (Å²) in [5, 5.41) is 5.28. The molecular formula is C22H26BrN3O2S. The molecule has 0 aliphatic carbocycles. The molecule has 2 aromatic rings. The first-order valence-electron chi connectivity index (χ1n) is 10.2. The smallest absolute Gasteiger partial charge is 0.253 e. The van der Waals surface area contributed by atoms with Gasteiger partial charge in [0.15, 0.2) is 0 Å². The van der Waals surface area contributed by atoms with E-state index in [-0.39, 0.29) is 17.7 Å². The first-order valence-corrected chi connectivity index (χ1v) is 11.9. The summed E-state index contributed by atoms with van der Waals surface area (Å²) in [6, 6.07) is 9.66. The van der Waals surface area contributed by atoms with Crippen molar-refractivity contribution in [3.05, 3.63) is 56.2 Å². The van der Waals surface area contributed by atoms with Gasteiger partial charge in [-0.3, -0.25) is 14.5 Å². The highest BCUT2D eigenvalue weighted by atomic mass is 79.9. The standard InChI is InChI=1S/C22H26BrN3O2S/c23-19-3-1-17(2-4-19)22(28)26-11-5-16(6-12-26)21(27)24-9-13-25-10-7-20-18(15-25)8-14-29-20/h1-4,8,14,16H,5-7,9-13,15H2,(H,24,27). The number of nitrogens with zero attached hydrogens (tertiary/aromatic N) is 2. The van der Waals surface area contributed by atoms with Crippen LogP contribution in [-0.4, -0.2) is 54.3 Å². The van der Waals surface area contributed by atoms with E-state index >= 15 is 0 Å². The van der Waals surface area contributed by atoms with Crippen LogP contribution in [0.15, 0.2) is 40.2 Å². The molecule has 0 saturated carbocycles. The summed E-state index contributed by atoms with van der Waals surface area (Å²) in [5.74, 6) is 0.192. The highest BCUT2D eigenvalue weighted by molar-refractivity contribution is 9.10. The van der Waals surface area contributed by atoms with Crippen molar-refractivity contribution in [3.63, 3.8) is 0 Å². The number of amides is 2. The molecule has 4 rings (SSSR count). The van der Waals surface area contributed by atoms with E-state index in [0.29, 0.717) is 25.2 Å². The van der Waals surface area contributed by atoms with Crippen LogP contribution in [0.5, 0.6) is 0 Å². The second-order valence-electron chi connectivity index (χ2n) is 7.76. The summed E-state index contributed by atoms with van der Waals surface area (Å²) in [4.78, 5) is 30.9. The van der Waals surface area contributed by atoms with E-state index in [1.807, 2.05) is 40.5 Å². The van der Waals surface area contributed by atoms with Crippen LogP contribution in [0.2, 0.25) is 0 Å². The lowest BCUT2D eigenvalue weighted by Crippen LogP contribution is -2.44. The number of carbonyl (C=O) groups excluding carboxylic acids is 2. The lowest BCUT2D eigenvalue weighted by molar-refractivity contribution is -0.126. The van der Waals surface area contributed by atoms with Gasteiger partial charge >= 0.3 is 0 Å². The zero-order valence-electron chi connectivity index (χ0n) is 16.4. The van der Waals surface area contributed by atoms with E-state index in [1.165, 1.54) is 10.4 Å². The fourth-order valence-corrected chi connectivity index (χ4v) is 5.25. The Hall–Kier alpha value is -1.70. The molecule has 0 radical (unpaired) electrons. The van der Waals surface area contributed by atoms with Crippen LogP contribution in [0.4, 0.5) is 0 Å². The quantitative estimate of drug-likeness (QED) is 0.719. The van der Waals surface area contributed by atoms with Crippen LogP contribution in [-0.2, 0) is 17.8 Å². The van der Waals surface area contributed by atoms with E-state index in [9.17, 15) is 9.59 Å². The zero-order valence-corrected chi connectivity index (χ0v) is 18.8. The molecule has 1 saturated heterocycles. The van der Waals surface area contributed by atoms with Crippen LogP contribution in [0.3, 0.4) is 0 Å². The van der Waals surface area contributed by atoms with Gasteiger partial charge in [-0.25, -0.2) is 0 Å². The number of fused-ring (bicyclic) bond motifs is 1. The van der Waals surface area contributed by atoms with E-state index in [4.69, 9.17) is 0 Å². The van der Waals surface area contributed by atoms with Crippen LogP contribution in [0, 0.1) is 5.92 Å². The number of hydrogen-bond donors (Lipinski definition) is 1. The number of nitrogens with one attached hydrogen (secondary N) is 1. The third-order valence-corrected chi connectivity index (χ3v) is 7.41. The fraction of sp³-hybridized carbons (Fsp3) is 0.455. The van der Waals surface area contributed by atoms with Gasteiger partial charge in [0.2, 0.25) is 5.91 Å². The molecule has 0 bridgehead atoms. The fourth-order valence-electron chi connectivity index (χ4n) is 4.10. The minimum absolute atomic E-state index is 0.00815. The van der Waals surface area contributed by atoms with Gasteiger partial charge in [-0.05, 0) is 60.5 Å². The average Bonchev–Trinajstić information content (AvgIpc) is 3.22. The maximum atomic E-state index is 12.6. The summed E-state index contributed by atoms with van der Waals surface area (Å²) in [7, 11) is 0. The number of piperidine rings is 1. The van der Waals surface area contributed by atoms with E-state index in [1.54, 1.807) is 0 Å². The van der Waals surface area contributed by atoms with Crippen molar-refractivity contribution in [2.45, 2.75) is 25.8 Å². The van der Waals surface area contributed by atoms with E-state index in [2.05, 4.69) is 37.6 Å². The van der Waals surface area contributed by atoms with Gasteiger partial charge in [-0.15, -0.1) is 11.3 Å². The monoisotopic (exact) mass is 475 g/mol. The topological polar surface area (TPSA) is 52.7 Å². The van der Waals surface area contributed by atoms with Crippen molar-refractivity contribution in [1.29, 1.82) is 0 Å². The molecule has 2 amide bonds. The summed E-state index contributed by atoms with van der Waals surface area (Å²) in [6.45, 7) is 4.92. The Morgan fingerprint density at radius 2 is 1.86 bits per heavy atom. The molecule has 29 heavy (non-hydrogen) atoms. The highest BCUT2D eigenvalue weighted by Gasteiger charge is 2.28. The predicted octanol–water partition coefficient (Wildman–Crippen LogP) is 3.54. The van der Waals surface area contributed by atoms with Gasteiger partial charge in [0.05, 0.1) is 0 Å². The summed E-state index contributed by atoms with van der Waals surface area (Å²) < 4.78 is 0.963. The number of hydrogen-bond acceptors (Lipinski definition) is 4. The second kappa shape index (κ2) is 9.41. The maximum Gasteiger partial charge on any atom is 0.253 e. The van der Waals surface area contributed by atoms with E-state index in [0.717, 1.165) is 43.4 Å². The van der Waals surface area contributed by atoms with Crippen molar-refractivity contribution >= 4 is 39.1 Å². The van der Waals surface area contributed by atoms with Gasteiger partial charge in [0, 0.05) is 60.1 Å². The minimum atomic E-state index is 0.00815. The largest absolute Gasteiger partial charge is 0.355 e. The average molecular weight is 476 g/mol. The molecular weight excluding hydrogens is 450 g/mol. The molecule has 0 unspecified atom stereocenters. The molecule has 3 heterocycles. The number of likely N-dealkylation sites (tertiary alicyclic amines) is 1. The predicted molar refractivity (Wildman–Crippen MR) is 119 cm³/mol.